The maximum absolute atomic E-state index is 14.6. The van der Waals surface area contributed by atoms with E-state index in [1.54, 1.807) is 12.3 Å². The van der Waals surface area contributed by atoms with Gasteiger partial charge in [-0.25, -0.2) is 19.3 Å². The van der Waals surface area contributed by atoms with Gasteiger partial charge in [-0.15, -0.1) is 0 Å². The number of H-pyrrole nitrogens is 1. The van der Waals surface area contributed by atoms with Crippen LogP contribution in [0.4, 0.5) is 10.2 Å². The molecule has 0 atom stereocenters. The average molecular weight is 355 g/mol. The molecule has 0 aromatic carbocycles. The number of anilines is 1. The topological polar surface area (TPSA) is 117 Å². The third-order valence-electron chi connectivity index (χ3n) is 3.65. The molecule has 0 saturated heterocycles. The molecule has 0 bridgehead atoms. The van der Waals surface area contributed by atoms with Gasteiger partial charge >= 0.3 is 0 Å². The Hall–Kier alpha value is -3.44. The van der Waals surface area contributed by atoms with Crippen LogP contribution in [0.25, 0.3) is 33.7 Å². The van der Waals surface area contributed by atoms with Crippen molar-refractivity contribution >= 4 is 28.6 Å². The zero-order valence-electron chi connectivity index (χ0n) is 12.4. The van der Waals surface area contributed by atoms with Crippen LogP contribution in [0.3, 0.4) is 0 Å². The lowest BCUT2D eigenvalue weighted by atomic mass is 10.0. The minimum atomic E-state index is -0.820. The predicted molar refractivity (Wildman–Crippen MR) is 88.9 cm³/mol. The lowest BCUT2D eigenvalue weighted by Gasteiger charge is -2.10. The van der Waals surface area contributed by atoms with Gasteiger partial charge in [0.1, 0.15) is 22.5 Å². The van der Waals surface area contributed by atoms with E-state index in [1.807, 2.05) is 6.07 Å². The van der Waals surface area contributed by atoms with Crippen LogP contribution < -0.4 is 5.73 Å². The maximum atomic E-state index is 14.6. The Bertz CT molecular complexity index is 1150. The normalized spacial score (nSPS) is 10.9. The van der Waals surface area contributed by atoms with E-state index >= 15 is 0 Å². The highest BCUT2D eigenvalue weighted by molar-refractivity contribution is 6.29. The molecule has 3 N–H and O–H groups in total. The molecule has 4 rings (SSSR count). The first kappa shape index (κ1) is 15.1. The molecular formula is C16H8ClFN6O. The molecule has 0 fully saturated rings. The van der Waals surface area contributed by atoms with Crippen molar-refractivity contribution < 1.29 is 8.81 Å². The zero-order chi connectivity index (χ0) is 17.6. The number of nitrogens with two attached hydrogens (primary N) is 1. The van der Waals surface area contributed by atoms with Gasteiger partial charge in [0.2, 0.25) is 0 Å². The number of aromatic nitrogens is 4. The van der Waals surface area contributed by atoms with Crippen LogP contribution in [0.15, 0.2) is 35.2 Å². The monoisotopic (exact) mass is 354 g/mol. The fourth-order valence-corrected chi connectivity index (χ4v) is 2.72. The summed E-state index contributed by atoms with van der Waals surface area (Å²) in [4.78, 5) is 15.3. The Labute approximate surface area is 144 Å². The Morgan fingerprint density at radius 3 is 2.92 bits per heavy atom. The Morgan fingerprint density at radius 1 is 1.36 bits per heavy atom. The van der Waals surface area contributed by atoms with Crippen molar-refractivity contribution in [1.29, 1.82) is 5.26 Å². The summed E-state index contributed by atoms with van der Waals surface area (Å²) in [6.07, 6.45) is 4.33. The van der Waals surface area contributed by atoms with Crippen LogP contribution in [0.1, 0.15) is 5.56 Å². The molecule has 4 heterocycles. The number of hydrogen-bond acceptors (Lipinski definition) is 6. The third-order valence-corrected chi connectivity index (χ3v) is 3.83. The minimum absolute atomic E-state index is 0.0238. The van der Waals surface area contributed by atoms with Crippen LogP contribution in [-0.2, 0) is 0 Å². The predicted octanol–water partition coefficient (Wildman–Crippen LogP) is 3.53. The first-order valence-electron chi connectivity index (χ1n) is 7.03. The van der Waals surface area contributed by atoms with Gasteiger partial charge in [0, 0.05) is 11.8 Å². The van der Waals surface area contributed by atoms with E-state index in [4.69, 9.17) is 21.8 Å². The van der Waals surface area contributed by atoms with Gasteiger partial charge in [0.15, 0.2) is 17.3 Å². The Kier molecular flexibility index (Phi) is 3.37. The first-order chi connectivity index (χ1) is 12.1. The van der Waals surface area contributed by atoms with E-state index in [1.165, 1.54) is 18.5 Å². The highest BCUT2D eigenvalue weighted by Crippen LogP contribution is 2.37. The summed E-state index contributed by atoms with van der Waals surface area (Å²) in [7, 11) is 0. The molecule has 25 heavy (non-hydrogen) atoms. The number of nitrogens with zero attached hydrogens (tertiary/aromatic N) is 4. The standard InChI is InChI=1S/C16H8ClFN6O/c17-10-6-22-16-14(23-10)8(5-21-16)13-7(4-19)11(9-2-1-3-25-9)12(18)15(20)24-13/h1-3,5-6H,(H2,20,24)(H,21,22). The molecule has 0 aliphatic heterocycles. The van der Waals surface area contributed by atoms with Crippen molar-refractivity contribution in [2.24, 2.45) is 0 Å². The Morgan fingerprint density at radius 2 is 2.20 bits per heavy atom. The summed E-state index contributed by atoms with van der Waals surface area (Å²) >= 11 is 5.91. The van der Waals surface area contributed by atoms with Crippen molar-refractivity contribution in [2.45, 2.75) is 0 Å². The number of pyridine rings is 1. The van der Waals surface area contributed by atoms with Gasteiger partial charge in [-0.05, 0) is 12.1 Å². The van der Waals surface area contributed by atoms with E-state index in [-0.39, 0.29) is 33.6 Å². The molecule has 0 saturated carbocycles. The van der Waals surface area contributed by atoms with Crippen LogP contribution in [-0.4, -0.2) is 19.9 Å². The number of halogens is 2. The SMILES string of the molecule is N#Cc1c(-c2c[nH]c3ncc(Cl)nc23)nc(N)c(F)c1-c1ccco1. The summed E-state index contributed by atoms with van der Waals surface area (Å²) < 4.78 is 19.8. The first-order valence-corrected chi connectivity index (χ1v) is 7.41. The van der Waals surface area contributed by atoms with E-state index in [9.17, 15) is 9.65 Å². The van der Waals surface area contributed by atoms with Crippen LogP contribution in [0.2, 0.25) is 5.15 Å². The van der Waals surface area contributed by atoms with E-state index in [0.717, 1.165) is 0 Å². The number of nitriles is 1. The molecule has 7 nitrogen and oxygen atoms in total. The molecule has 0 aliphatic carbocycles. The molecule has 0 amide bonds. The summed E-state index contributed by atoms with van der Waals surface area (Å²) in [5.74, 6) is -1.00. The second kappa shape index (κ2) is 5.58. The van der Waals surface area contributed by atoms with Crippen molar-refractivity contribution in [3.05, 3.63) is 47.3 Å². The van der Waals surface area contributed by atoms with E-state index in [0.29, 0.717) is 16.7 Å². The second-order valence-electron chi connectivity index (χ2n) is 5.09. The number of hydrogen-bond donors (Lipinski definition) is 2. The molecule has 0 unspecified atom stereocenters. The summed E-state index contributed by atoms with van der Waals surface area (Å²) in [6, 6.07) is 5.10. The number of furan rings is 1. The molecule has 0 aliphatic rings. The summed E-state index contributed by atoms with van der Waals surface area (Å²) in [5.41, 5.74) is 7.08. The van der Waals surface area contributed by atoms with Gasteiger partial charge in [-0.3, -0.25) is 0 Å². The number of fused-ring (bicyclic) bond motifs is 1. The number of rotatable bonds is 2. The molecule has 0 spiro atoms. The molecule has 4 aromatic rings. The lowest BCUT2D eigenvalue weighted by molar-refractivity contribution is 0.569. The average Bonchev–Trinajstić information content (AvgIpc) is 3.26. The quantitative estimate of drug-likeness (QED) is 0.568. The van der Waals surface area contributed by atoms with Gasteiger partial charge in [-0.2, -0.15) is 5.26 Å². The summed E-state index contributed by atoms with van der Waals surface area (Å²) in [5, 5.41) is 9.80. The fraction of sp³-hybridized carbons (Fsp3) is 0. The maximum Gasteiger partial charge on any atom is 0.177 e. The molecule has 122 valence electrons. The highest BCUT2D eigenvalue weighted by atomic mass is 35.5. The van der Waals surface area contributed by atoms with Crippen molar-refractivity contribution in [3.8, 4) is 28.7 Å². The van der Waals surface area contributed by atoms with Crippen LogP contribution >= 0.6 is 11.6 Å². The van der Waals surface area contributed by atoms with Gasteiger partial charge in [0.05, 0.1) is 29.3 Å². The number of nitrogen functional groups attached to an aromatic ring is 1. The zero-order valence-corrected chi connectivity index (χ0v) is 13.2. The van der Waals surface area contributed by atoms with E-state index < -0.39 is 5.82 Å². The highest BCUT2D eigenvalue weighted by Gasteiger charge is 2.24. The van der Waals surface area contributed by atoms with Crippen LogP contribution in [0.5, 0.6) is 0 Å². The van der Waals surface area contributed by atoms with Gasteiger partial charge < -0.3 is 15.1 Å². The fourth-order valence-electron chi connectivity index (χ4n) is 2.59. The Balaban J connectivity index is 2.09. The van der Waals surface area contributed by atoms with Crippen molar-refractivity contribution in [3.63, 3.8) is 0 Å². The summed E-state index contributed by atoms with van der Waals surface area (Å²) in [6.45, 7) is 0. The third kappa shape index (κ3) is 2.29. The molecule has 4 aromatic heterocycles. The van der Waals surface area contributed by atoms with Crippen molar-refractivity contribution in [1.82, 2.24) is 19.9 Å². The van der Waals surface area contributed by atoms with E-state index in [2.05, 4.69) is 19.9 Å². The van der Waals surface area contributed by atoms with Gasteiger partial charge in [0.25, 0.3) is 0 Å². The number of aromatic amines is 1. The largest absolute Gasteiger partial charge is 0.464 e. The lowest BCUT2D eigenvalue weighted by Crippen LogP contribution is -2.03. The second-order valence-corrected chi connectivity index (χ2v) is 5.48. The molecule has 9 heteroatoms. The molecular weight excluding hydrogens is 347 g/mol. The number of nitrogens with one attached hydrogen (secondary N) is 1. The van der Waals surface area contributed by atoms with Crippen LogP contribution in [0, 0.1) is 17.1 Å². The minimum Gasteiger partial charge on any atom is -0.464 e. The van der Waals surface area contributed by atoms with Crippen molar-refractivity contribution in [2.75, 3.05) is 5.73 Å². The molecule has 0 radical (unpaired) electrons. The smallest absolute Gasteiger partial charge is 0.177 e. The van der Waals surface area contributed by atoms with Gasteiger partial charge in [-0.1, -0.05) is 11.6 Å².